The van der Waals surface area contributed by atoms with Gasteiger partial charge in [0.1, 0.15) is 0 Å². The van der Waals surface area contributed by atoms with E-state index in [9.17, 15) is 9.59 Å². The first-order valence-corrected chi connectivity index (χ1v) is 6.79. The Morgan fingerprint density at radius 3 is 2.61 bits per heavy atom. The first-order valence-electron chi connectivity index (χ1n) is 5.74. The van der Waals surface area contributed by atoms with Crippen molar-refractivity contribution >= 4 is 23.6 Å². The number of amides is 1. The van der Waals surface area contributed by atoms with E-state index in [1.165, 1.54) is 11.8 Å². The standard InChI is InChI=1S/C13H17NO3S/c1-10(18-8-7-13(16)17)14-12(15)9-11-5-3-2-4-6-11/h2-6,10H,7-9H2,1H3,(H,14,15)(H,16,17). The second kappa shape index (κ2) is 7.76. The van der Waals surface area contributed by atoms with Crippen molar-refractivity contribution in [2.75, 3.05) is 5.75 Å². The zero-order valence-electron chi connectivity index (χ0n) is 10.3. The van der Waals surface area contributed by atoms with Crippen molar-refractivity contribution in [2.45, 2.75) is 25.1 Å². The molecule has 98 valence electrons. The highest BCUT2D eigenvalue weighted by Crippen LogP contribution is 2.09. The molecule has 0 aliphatic rings. The van der Waals surface area contributed by atoms with Crippen molar-refractivity contribution in [1.29, 1.82) is 0 Å². The smallest absolute Gasteiger partial charge is 0.304 e. The zero-order valence-corrected chi connectivity index (χ0v) is 11.1. The van der Waals surface area contributed by atoms with E-state index in [0.29, 0.717) is 12.2 Å². The summed E-state index contributed by atoms with van der Waals surface area (Å²) >= 11 is 1.43. The van der Waals surface area contributed by atoms with Crippen LogP contribution >= 0.6 is 11.8 Å². The van der Waals surface area contributed by atoms with Gasteiger partial charge in [0.05, 0.1) is 18.2 Å². The molecule has 0 aromatic heterocycles. The summed E-state index contributed by atoms with van der Waals surface area (Å²) in [5.74, 6) is -0.357. The second-order valence-electron chi connectivity index (χ2n) is 3.89. The van der Waals surface area contributed by atoms with Gasteiger partial charge in [0.2, 0.25) is 5.91 Å². The van der Waals surface area contributed by atoms with E-state index in [4.69, 9.17) is 5.11 Å². The van der Waals surface area contributed by atoms with Gasteiger partial charge < -0.3 is 10.4 Å². The molecule has 4 nitrogen and oxygen atoms in total. The van der Waals surface area contributed by atoms with Crippen LogP contribution in [-0.2, 0) is 16.0 Å². The summed E-state index contributed by atoms with van der Waals surface area (Å²) < 4.78 is 0. The number of hydrogen-bond donors (Lipinski definition) is 2. The van der Waals surface area contributed by atoms with Crippen molar-refractivity contribution < 1.29 is 14.7 Å². The lowest BCUT2D eigenvalue weighted by molar-refractivity contribution is -0.136. The van der Waals surface area contributed by atoms with Gasteiger partial charge in [-0.2, -0.15) is 0 Å². The van der Waals surface area contributed by atoms with Gasteiger partial charge in [-0.3, -0.25) is 9.59 Å². The van der Waals surface area contributed by atoms with E-state index in [-0.39, 0.29) is 17.7 Å². The zero-order chi connectivity index (χ0) is 13.4. The second-order valence-corrected chi connectivity index (χ2v) is 5.34. The molecule has 0 fully saturated rings. The molecule has 2 N–H and O–H groups in total. The molecule has 1 rings (SSSR count). The maximum atomic E-state index is 11.7. The fourth-order valence-corrected chi connectivity index (χ4v) is 2.28. The maximum absolute atomic E-state index is 11.7. The number of nitrogens with one attached hydrogen (secondary N) is 1. The molecule has 0 aliphatic heterocycles. The Bertz CT molecular complexity index is 394. The number of thioether (sulfide) groups is 1. The number of carbonyl (C=O) groups excluding carboxylic acids is 1. The van der Waals surface area contributed by atoms with Crippen LogP contribution in [0.15, 0.2) is 30.3 Å². The number of hydrogen-bond acceptors (Lipinski definition) is 3. The predicted octanol–water partition coefficient (Wildman–Crippen LogP) is 1.90. The van der Waals surface area contributed by atoms with Crippen LogP contribution in [0.2, 0.25) is 0 Å². The molecule has 0 bridgehead atoms. The molecule has 1 aromatic rings. The van der Waals surface area contributed by atoms with E-state index < -0.39 is 5.97 Å². The Hall–Kier alpha value is -1.49. The number of carboxylic acid groups (broad SMARTS) is 1. The number of benzene rings is 1. The summed E-state index contributed by atoms with van der Waals surface area (Å²) in [6.07, 6.45) is 0.467. The topological polar surface area (TPSA) is 66.4 Å². The van der Waals surface area contributed by atoms with E-state index in [2.05, 4.69) is 5.32 Å². The highest BCUT2D eigenvalue weighted by atomic mass is 32.2. The average Bonchev–Trinajstić information content (AvgIpc) is 2.29. The maximum Gasteiger partial charge on any atom is 0.304 e. The Kier molecular flexibility index (Phi) is 6.28. The van der Waals surface area contributed by atoms with Gasteiger partial charge in [-0.25, -0.2) is 0 Å². The minimum Gasteiger partial charge on any atom is -0.481 e. The number of aliphatic carboxylic acids is 1. The van der Waals surface area contributed by atoms with Crippen LogP contribution in [0, 0.1) is 0 Å². The lowest BCUT2D eigenvalue weighted by Gasteiger charge is -2.12. The largest absolute Gasteiger partial charge is 0.481 e. The number of carbonyl (C=O) groups is 2. The lowest BCUT2D eigenvalue weighted by Crippen LogP contribution is -2.31. The summed E-state index contributed by atoms with van der Waals surface area (Å²) in [6.45, 7) is 1.86. The Morgan fingerprint density at radius 2 is 2.00 bits per heavy atom. The van der Waals surface area contributed by atoms with Crippen molar-refractivity contribution in [3.63, 3.8) is 0 Å². The van der Waals surface area contributed by atoms with E-state index in [1.54, 1.807) is 0 Å². The highest BCUT2D eigenvalue weighted by Gasteiger charge is 2.08. The minimum atomic E-state index is -0.815. The molecule has 1 unspecified atom stereocenters. The molecule has 0 saturated carbocycles. The quantitative estimate of drug-likeness (QED) is 0.740. The van der Waals surface area contributed by atoms with Crippen LogP contribution in [0.1, 0.15) is 18.9 Å². The van der Waals surface area contributed by atoms with Gasteiger partial charge in [0.15, 0.2) is 0 Å². The SMILES string of the molecule is CC(NC(=O)Cc1ccccc1)SCCC(=O)O. The summed E-state index contributed by atoms with van der Waals surface area (Å²) in [5.41, 5.74) is 0.970. The van der Waals surface area contributed by atoms with Crippen LogP contribution in [0.3, 0.4) is 0 Å². The van der Waals surface area contributed by atoms with Crippen LogP contribution in [-0.4, -0.2) is 28.1 Å². The van der Waals surface area contributed by atoms with Crippen LogP contribution in [0.4, 0.5) is 0 Å². The molecule has 0 spiro atoms. The van der Waals surface area contributed by atoms with Crippen molar-refractivity contribution in [3.05, 3.63) is 35.9 Å². The first kappa shape index (κ1) is 14.6. The Morgan fingerprint density at radius 1 is 1.33 bits per heavy atom. The summed E-state index contributed by atoms with van der Waals surface area (Å²) in [7, 11) is 0. The minimum absolute atomic E-state index is 0.0449. The molecule has 5 heteroatoms. The van der Waals surface area contributed by atoms with Gasteiger partial charge in [0, 0.05) is 5.75 Å². The molecule has 1 aromatic carbocycles. The van der Waals surface area contributed by atoms with Gasteiger partial charge in [-0.05, 0) is 12.5 Å². The normalized spacial score (nSPS) is 11.8. The molecule has 18 heavy (non-hydrogen) atoms. The fraction of sp³-hybridized carbons (Fsp3) is 0.385. The van der Waals surface area contributed by atoms with E-state index >= 15 is 0 Å². The van der Waals surface area contributed by atoms with Crippen LogP contribution in [0.25, 0.3) is 0 Å². The van der Waals surface area contributed by atoms with Gasteiger partial charge >= 0.3 is 5.97 Å². The Balaban J connectivity index is 2.25. The average molecular weight is 267 g/mol. The molecule has 0 aliphatic carbocycles. The number of rotatable bonds is 7. The van der Waals surface area contributed by atoms with Gasteiger partial charge in [-0.1, -0.05) is 30.3 Å². The van der Waals surface area contributed by atoms with E-state index in [1.807, 2.05) is 37.3 Å². The van der Waals surface area contributed by atoms with Crippen molar-refractivity contribution in [1.82, 2.24) is 5.32 Å². The predicted molar refractivity (Wildman–Crippen MR) is 72.5 cm³/mol. The summed E-state index contributed by atoms with van der Waals surface area (Å²) in [4.78, 5) is 22.0. The number of carboxylic acids is 1. The summed E-state index contributed by atoms with van der Waals surface area (Å²) in [6, 6.07) is 9.51. The molecular weight excluding hydrogens is 250 g/mol. The van der Waals surface area contributed by atoms with E-state index in [0.717, 1.165) is 5.56 Å². The molecular formula is C13H17NO3S. The molecule has 0 heterocycles. The fourth-order valence-electron chi connectivity index (χ4n) is 1.42. The van der Waals surface area contributed by atoms with Gasteiger partial charge in [0.25, 0.3) is 0 Å². The molecule has 0 saturated heterocycles. The van der Waals surface area contributed by atoms with Crippen molar-refractivity contribution in [2.24, 2.45) is 0 Å². The first-order chi connectivity index (χ1) is 8.58. The summed E-state index contributed by atoms with van der Waals surface area (Å²) in [5, 5.41) is 11.3. The third kappa shape index (κ3) is 6.30. The third-order valence-electron chi connectivity index (χ3n) is 2.26. The van der Waals surface area contributed by atoms with Crippen LogP contribution < -0.4 is 5.32 Å². The monoisotopic (exact) mass is 267 g/mol. The third-order valence-corrected chi connectivity index (χ3v) is 3.31. The van der Waals surface area contributed by atoms with Gasteiger partial charge in [-0.15, -0.1) is 11.8 Å². The van der Waals surface area contributed by atoms with Crippen LogP contribution in [0.5, 0.6) is 0 Å². The Labute approximate surface area is 111 Å². The molecule has 1 atom stereocenters. The lowest BCUT2D eigenvalue weighted by atomic mass is 10.1. The molecule has 1 amide bonds. The molecule has 0 radical (unpaired) electrons. The van der Waals surface area contributed by atoms with Crippen molar-refractivity contribution in [3.8, 4) is 0 Å². The highest BCUT2D eigenvalue weighted by molar-refractivity contribution is 7.99.